The molecule has 0 radical (unpaired) electrons. The van der Waals surface area contributed by atoms with Crippen LogP contribution in [-0.4, -0.2) is 44.3 Å². The topological polar surface area (TPSA) is 149 Å². The molecule has 0 saturated heterocycles. The molecule has 0 aromatic rings. The molecule has 8 unspecified atom stereocenters. The first kappa shape index (κ1) is 15.8. The zero-order chi connectivity index (χ0) is 17.0. The van der Waals surface area contributed by atoms with Gasteiger partial charge in [-0.05, 0) is 42.9 Å². The Morgan fingerprint density at radius 3 is 1.09 bits per heavy atom. The summed E-state index contributed by atoms with van der Waals surface area (Å²) in [5.74, 6) is -9.93. The second-order valence-electron chi connectivity index (χ2n) is 6.97. The van der Waals surface area contributed by atoms with E-state index in [0.717, 1.165) is 0 Å². The highest BCUT2D eigenvalue weighted by Crippen LogP contribution is 2.63. The summed E-state index contributed by atoms with van der Waals surface area (Å²) >= 11 is 0. The lowest BCUT2D eigenvalue weighted by Crippen LogP contribution is -2.31. The number of fused-ring (bicyclic) bond motifs is 3. The summed E-state index contributed by atoms with van der Waals surface area (Å²) in [5, 5.41) is 37.5. The highest BCUT2D eigenvalue weighted by atomic mass is 16.4. The van der Waals surface area contributed by atoms with E-state index in [1.807, 2.05) is 0 Å². The SMILES string of the molecule is O=C(O)C1CC(C(=O)O)C2C1CC1C(C(=O)O)CC(C(=O)O)C12. The number of rotatable bonds is 4. The summed E-state index contributed by atoms with van der Waals surface area (Å²) in [7, 11) is 0. The summed E-state index contributed by atoms with van der Waals surface area (Å²) in [6.45, 7) is 0. The zero-order valence-corrected chi connectivity index (χ0v) is 12.2. The first-order valence-electron chi connectivity index (χ1n) is 7.65. The lowest BCUT2D eigenvalue weighted by molar-refractivity contribution is -0.148. The highest BCUT2D eigenvalue weighted by Gasteiger charge is 2.65. The molecular weight excluding hydrogens is 308 g/mol. The van der Waals surface area contributed by atoms with Gasteiger partial charge in [-0.1, -0.05) is 0 Å². The lowest BCUT2D eigenvalue weighted by atomic mass is 9.78. The molecule has 0 heterocycles. The molecule has 3 aliphatic carbocycles. The Bertz CT molecular complexity index is 534. The van der Waals surface area contributed by atoms with Crippen LogP contribution in [0.5, 0.6) is 0 Å². The molecule has 0 aromatic heterocycles. The number of hydrogen-bond acceptors (Lipinski definition) is 4. The number of carboxylic acid groups (broad SMARTS) is 4. The number of carbonyl (C=O) groups is 4. The maximum atomic E-state index is 11.5. The molecule has 8 nitrogen and oxygen atoms in total. The first-order chi connectivity index (χ1) is 10.7. The van der Waals surface area contributed by atoms with Crippen LogP contribution in [0, 0.1) is 47.3 Å². The van der Waals surface area contributed by atoms with E-state index < -0.39 is 71.2 Å². The van der Waals surface area contributed by atoms with Crippen molar-refractivity contribution in [2.24, 2.45) is 47.3 Å². The smallest absolute Gasteiger partial charge is 0.306 e. The minimum atomic E-state index is -1.12. The Labute approximate surface area is 131 Å². The predicted molar refractivity (Wildman–Crippen MR) is 72.3 cm³/mol. The molecule has 8 atom stereocenters. The van der Waals surface area contributed by atoms with Gasteiger partial charge in [-0.2, -0.15) is 0 Å². The summed E-state index contributed by atoms with van der Waals surface area (Å²) in [5.41, 5.74) is 0. The van der Waals surface area contributed by atoms with Crippen LogP contribution in [0.3, 0.4) is 0 Å². The van der Waals surface area contributed by atoms with E-state index in [9.17, 15) is 39.6 Å². The number of hydrogen-bond donors (Lipinski definition) is 4. The molecule has 4 N–H and O–H groups in total. The summed E-state index contributed by atoms with van der Waals surface area (Å²) in [6.07, 6.45) is 0.275. The van der Waals surface area contributed by atoms with E-state index in [1.165, 1.54) is 0 Å². The third-order valence-corrected chi connectivity index (χ3v) is 6.22. The monoisotopic (exact) mass is 326 g/mol. The van der Waals surface area contributed by atoms with E-state index >= 15 is 0 Å². The zero-order valence-electron chi connectivity index (χ0n) is 12.2. The fourth-order valence-electron chi connectivity index (χ4n) is 5.51. The second-order valence-corrected chi connectivity index (χ2v) is 6.97. The molecule has 23 heavy (non-hydrogen) atoms. The van der Waals surface area contributed by atoms with Crippen molar-refractivity contribution in [1.29, 1.82) is 0 Å². The Hall–Kier alpha value is -2.12. The van der Waals surface area contributed by atoms with Gasteiger partial charge >= 0.3 is 23.9 Å². The Morgan fingerprint density at radius 1 is 0.522 bits per heavy atom. The van der Waals surface area contributed by atoms with Gasteiger partial charge in [-0.15, -0.1) is 0 Å². The largest absolute Gasteiger partial charge is 0.481 e. The molecule has 3 saturated carbocycles. The summed E-state index contributed by atoms with van der Waals surface area (Å²) < 4.78 is 0. The van der Waals surface area contributed by atoms with Gasteiger partial charge < -0.3 is 20.4 Å². The quantitative estimate of drug-likeness (QED) is 0.582. The molecule has 3 fully saturated rings. The average Bonchev–Trinajstić information content (AvgIpc) is 3.04. The van der Waals surface area contributed by atoms with E-state index in [1.54, 1.807) is 0 Å². The van der Waals surface area contributed by atoms with Crippen LogP contribution in [0.25, 0.3) is 0 Å². The molecular formula is C15H18O8. The number of aliphatic carboxylic acids is 4. The third-order valence-electron chi connectivity index (χ3n) is 6.22. The van der Waals surface area contributed by atoms with Crippen LogP contribution in [-0.2, 0) is 19.2 Å². The van der Waals surface area contributed by atoms with Crippen LogP contribution in [0.1, 0.15) is 19.3 Å². The fraction of sp³-hybridized carbons (Fsp3) is 0.733. The van der Waals surface area contributed by atoms with Crippen LogP contribution in [0.2, 0.25) is 0 Å². The normalized spacial score (nSPS) is 44.5. The number of carboxylic acids is 4. The predicted octanol–water partition coefficient (Wildman–Crippen LogP) is 0.465. The van der Waals surface area contributed by atoms with Crippen LogP contribution in [0.15, 0.2) is 0 Å². The van der Waals surface area contributed by atoms with Gasteiger partial charge in [0, 0.05) is 0 Å². The van der Waals surface area contributed by atoms with Gasteiger partial charge in [0.15, 0.2) is 0 Å². The highest BCUT2D eigenvalue weighted by molar-refractivity contribution is 5.79. The van der Waals surface area contributed by atoms with Gasteiger partial charge in [0.1, 0.15) is 0 Å². The van der Waals surface area contributed by atoms with Crippen molar-refractivity contribution < 1.29 is 39.6 Å². The molecule has 8 heteroatoms. The minimum Gasteiger partial charge on any atom is -0.481 e. The van der Waals surface area contributed by atoms with Gasteiger partial charge in [0.05, 0.1) is 23.7 Å². The van der Waals surface area contributed by atoms with Gasteiger partial charge in [-0.3, -0.25) is 19.2 Å². The molecule has 126 valence electrons. The van der Waals surface area contributed by atoms with Gasteiger partial charge in [-0.25, -0.2) is 0 Å². The van der Waals surface area contributed by atoms with E-state index in [-0.39, 0.29) is 19.3 Å². The molecule has 3 rings (SSSR count). The summed E-state index contributed by atoms with van der Waals surface area (Å²) in [6, 6.07) is 0. The van der Waals surface area contributed by atoms with E-state index in [2.05, 4.69) is 0 Å². The van der Waals surface area contributed by atoms with Crippen molar-refractivity contribution in [3.05, 3.63) is 0 Å². The standard InChI is InChI=1S/C15H18O8/c16-12(17)6-2-8(14(20)21)10-4(6)1-5-7(13(18)19)3-9(11(5)10)15(22)23/h4-11H,1-3H2,(H,16,17)(H,18,19)(H,20,21)(H,22,23). The molecule has 0 spiro atoms. The first-order valence-corrected chi connectivity index (χ1v) is 7.65. The van der Waals surface area contributed by atoms with Crippen molar-refractivity contribution in [2.75, 3.05) is 0 Å². The van der Waals surface area contributed by atoms with Crippen LogP contribution >= 0.6 is 0 Å². The van der Waals surface area contributed by atoms with Crippen molar-refractivity contribution in [1.82, 2.24) is 0 Å². The van der Waals surface area contributed by atoms with Crippen molar-refractivity contribution in [3.63, 3.8) is 0 Å². The van der Waals surface area contributed by atoms with Crippen molar-refractivity contribution in [2.45, 2.75) is 19.3 Å². The second kappa shape index (κ2) is 5.21. The Morgan fingerprint density at radius 2 is 0.826 bits per heavy atom. The average molecular weight is 326 g/mol. The van der Waals surface area contributed by atoms with E-state index in [0.29, 0.717) is 0 Å². The van der Waals surface area contributed by atoms with Crippen LogP contribution in [0.4, 0.5) is 0 Å². The maximum Gasteiger partial charge on any atom is 0.306 e. The maximum absolute atomic E-state index is 11.5. The van der Waals surface area contributed by atoms with E-state index in [4.69, 9.17) is 0 Å². The molecule has 0 aromatic carbocycles. The van der Waals surface area contributed by atoms with Crippen LogP contribution < -0.4 is 0 Å². The third kappa shape index (κ3) is 2.19. The molecule has 0 bridgehead atoms. The van der Waals surface area contributed by atoms with Crippen molar-refractivity contribution >= 4 is 23.9 Å². The lowest BCUT2D eigenvalue weighted by Gasteiger charge is -2.25. The molecule has 3 aliphatic rings. The summed E-state index contributed by atoms with van der Waals surface area (Å²) in [4.78, 5) is 45.9. The fourth-order valence-corrected chi connectivity index (χ4v) is 5.51. The van der Waals surface area contributed by atoms with Gasteiger partial charge in [0.2, 0.25) is 0 Å². The molecule has 0 aliphatic heterocycles. The Kier molecular flexibility index (Phi) is 3.57. The minimum absolute atomic E-state index is 0.00665. The van der Waals surface area contributed by atoms with Crippen molar-refractivity contribution in [3.8, 4) is 0 Å². The molecule has 0 amide bonds. The Balaban J connectivity index is 2.01. The van der Waals surface area contributed by atoms with Gasteiger partial charge in [0.25, 0.3) is 0 Å².